The molecule has 80 valence electrons. The molecule has 0 aliphatic heterocycles. The summed E-state index contributed by atoms with van der Waals surface area (Å²) in [7, 11) is 1.89. The fourth-order valence-electron chi connectivity index (χ4n) is 1.79. The van der Waals surface area contributed by atoms with Gasteiger partial charge in [0.2, 0.25) is 5.91 Å². The molecule has 1 aliphatic carbocycles. The van der Waals surface area contributed by atoms with E-state index in [9.17, 15) is 4.79 Å². The molecule has 0 atom stereocenters. The highest BCUT2D eigenvalue weighted by Gasteiger charge is 2.46. The van der Waals surface area contributed by atoms with Gasteiger partial charge >= 0.3 is 0 Å². The number of carbonyl (C=O) groups is 1. The van der Waals surface area contributed by atoms with Crippen molar-refractivity contribution in [3.8, 4) is 0 Å². The van der Waals surface area contributed by atoms with Crippen molar-refractivity contribution in [1.29, 1.82) is 0 Å². The fraction of sp³-hybridized carbons (Fsp3) is 0.462. The van der Waals surface area contributed by atoms with Crippen molar-refractivity contribution in [2.75, 3.05) is 7.05 Å². The Balaban J connectivity index is 1.98. The molecule has 0 bridgehead atoms. The molecule has 1 fully saturated rings. The summed E-state index contributed by atoms with van der Waals surface area (Å²) in [5, 5.41) is 0. The molecule has 1 aromatic rings. The van der Waals surface area contributed by atoms with Gasteiger partial charge in [-0.05, 0) is 18.4 Å². The molecular weight excluding hydrogens is 186 g/mol. The lowest BCUT2D eigenvalue weighted by molar-refractivity contribution is -0.135. The molecule has 0 saturated heterocycles. The summed E-state index contributed by atoms with van der Waals surface area (Å²) in [6.45, 7) is 2.77. The SMILES string of the molecule is CN(Cc1ccccc1)C(=O)C1(C)CC1. The van der Waals surface area contributed by atoms with E-state index in [0.29, 0.717) is 0 Å². The maximum atomic E-state index is 12.0. The van der Waals surface area contributed by atoms with Gasteiger partial charge < -0.3 is 4.90 Å². The van der Waals surface area contributed by atoms with Gasteiger partial charge in [0.1, 0.15) is 0 Å². The van der Waals surface area contributed by atoms with E-state index in [1.54, 1.807) is 0 Å². The van der Waals surface area contributed by atoms with Crippen molar-refractivity contribution in [3.63, 3.8) is 0 Å². The van der Waals surface area contributed by atoms with Gasteiger partial charge in [-0.3, -0.25) is 4.79 Å². The second-order valence-corrected chi connectivity index (χ2v) is 4.71. The van der Waals surface area contributed by atoms with Crippen molar-refractivity contribution in [3.05, 3.63) is 35.9 Å². The number of amides is 1. The molecule has 1 saturated carbocycles. The summed E-state index contributed by atoms with van der Waals surface area (Å²) in [5.41, 5.74) is 1.14. The van der Waals surface area contributed by atoms with Gasteiger partial charge in [-0.25, -0.2) is 0 Å². The molecule has 2 rings (SSSR count). The summed E-state index contributed by atoms with van der Waals surface area (Å²) in [6, 6.07) is 10.1. The standard InChI is InChI=1S/C13H17NO/c1-13(8-9-13)12(15)14(2)10-11-6-4-3-5-7-11/h3-7H,8-10H2,1-2H3. The largest absolute Gasteiger partial charge is 0.341 e. The van der Waals surface area contributed by atoms with E-state index in [-0.39, 0.29) is 11.3 Å². The molecule has 1 aromatic carbocycles. The Labute approximate surface area is 90.9 Å². The first-order valence-electron chi connectivity index (χ1n) is 5.41. The van der Waals surface area contributed by atoms with E-state index in [2.05, 4.69) is 19.1 Å². The summed E-state index contributed by atoms with van der Waals surface area (Å²) in [4.78, 5) is 13.8. The van der Waals surface area contributed by atoms with E-state index in [1.807, 2.05) is 30.1 Å². The average molecular weight is 203 g/mol. The molecule has 0 spiro atoms. The summed E-state index contributed by atoms with van der Waals surface area (Å²) in [6.07, 6.45) is 2.09. The Morgan fingerprint density at radius 2 is 1.93 bits per heavy atom. The number of nitrogens with zero attached hydrogens (tertiary/aromatic N) is 1. The van der Waals surface area contributed by atoms with E-state index >= 15 is 0 Å². The maximum Gasteiger partial charge on any atom is 0.228 e. The van der Waals surface area contributed by atoms with E-state index in [4.69, 9.17) is 0 Å². The predicted molar refractivity (Wildman–Crippen MR) is 60.3 cm³/mol. The Morgan fingerprint density at radius 1 is 1.33 bits per heavy atom. The van der Waals surface area contributed by atoms with Crippen LogP contribution < -0.4 is 0 Å². The molecule has 15 heavy (non-hydrogen) atoms. The quantitative estimate of drug-likeness (QED) is 0.739. The number of rotatable bonds is 3. The van der Waals surface area contributed by atoms with Gasteiger partial charge in [-0.2, -0.15) is 0 Å². The summed E-state index contributed by atoms with van der Waals surface area (Å²) < 4.78 is 0. The number of carbonyl (C=O) groups excluding carboxylic acids is 1. The van der Waals surface area contributed by atoms with Crippen LogP contribution in [0.25, 0.3) is 0 Å². The van der Waals surface area contributed by atoms with Gasteiger partial charge in [0.15, 0.2) is 0 Å². The minimum atomic E-state index is -0.0521. The topological polar surface area (TPSA) is 20.3 Å². The van der Waals surface area contributed by atoms with Crippen molar-refractivity contribution in [1.82, 2.24) is 4.90 Å². The lowest BCUT2D eigenvalue weighted by Crippen LogP contribution is -2.32. The minimum Gasteiger partial charge on any atom is -0.341 e. The second-order valence-electron chi connectivity index (χ2n) is 4.71. The highest BCUT2D eigenvalue weighted by atomic mass is 16.2. The molecule has 2 nitrogen and oxygen atoms in total. The molecular formula is C13H17NO. The Morgan fingerprint density at radius 3 is 2.47 bits per heavy atom. The molecule has 0 unspecified atom stereocenters. The van der Waals surface area contributed by atoms with Crippen LogP contribution >= 0.6 is 0 Å². The average Bonchev–Trinajstić information content (AvgIpc) is 2.98. The minimum absolute atomic E-state index is 0.0521. The van der Waals surface area contributed by atoms with Crippen LogP contribution in [0.3, 0.4) is 0 Å². The van der Waals surface area contributed by atoms with Gasteiger partial charge in [0, 0.05) is 19.0 Å². The number of hydrogen-bond acceptors (Lipinski definition) is 1. The van der Waals surface area contributed by atoms with E-state index < -0.39 is 0 Å². The molecule has 2 heteroatoms. The van der Waals surface area contributed by atoms with Crippen LogP contribution in [0.1, 0.15) is 25.3 Å². The normalized spacial score (nSPS) is 17.2. The van der Waals surface area contributed by atoms with Crippen molar-refractivity contribution < 1.29 is 4.79 Å². The zero-order valence-corrected chi connectivity index (χ0v) is 9.36. The zero-order valence-electron chi connectivity index (χ0n) is 9.36. The van der Waals surface area contributed by atoms with Crippen LogP contribution in [-0.2, 0) is 11.3 Å². The van der Waals surface area contributed by atoms with Crippen molar-refractivity contribution >= 4 is 5.91 Å². The first-order valence-corrected chi connectivity index (χ1v) is 5.41. The Kier molecular flexibility index (Phi) is 2.51. The molecule has 0 radical (unpaired) electrons. The van der Waals surface area contributed by atoms with Gasteiger partial charge in [-0.15, -0.1) is 0 Å². The Hall–Kier alpha value is -1.31. The third-order valence-corrected chi connectivity index (χ3v) is 3.13. The zero-order chi connectivity index (χ0) is 10.9. The highest BCUT2D eigenvalue weighted by molar-refractivity contribution is 5.84. The van der Waals surface area contributed by atoms with Crippen LogP contribution in [0.2, 0.25) is 0 Å². The van der Waals surface area contributed by atoms with Crippen LogP contribution in [0, 0.1) is 5.41 Å². The third kappa shape index (κ3) is 2.20. The predicted octanol–water partition coefficient (Wildman–Crippen LogP) is 2.45. The van der Waals surface area contributed by atoms with Gasteiger partial charge in [0.05, 0.1) is 0 Å². The van der Waals surface area contributed by atoms with Gasteiger partial charge in [-0.1, -0.05) is 37.3 Å². The monoisotopic (exact) mass is 203 g/mol. The van der Waals surface area contributed by atoms with Crippen molar-refractivity contribution in [2.24, 2.45) is 5.41 Å². The van der Waals surface area contributed by atoms with Gasteiger partial charge in [0.25, 0.3) is 0 Å². The first kappa shape index (κ1) is 10.2. The lowest BCUT2D eigenvalue weighted by atomic mass is 10.1. The Bertz CT molecular complexity index is 354. The maximum absolute atomic E-state index is 12.0. The highest BCUT2D eigenvalue weighted by Crippen LogP contribution is 2.46. The van der Waals surface area contributed by atoms with Crippen molar-refractivity contribution in [2.45, 2.75) is 26.3 Å². The van der Waals surface area contributed by atoms with Crippen LogP contribution in [0.15, 0.2) is 30.3 Å². The summed E-state index contributed by atoms with van der Waals surface area (Å²) in [5.74, 6) is 0.284. The van der Waals surface area contributed by atoms with Crippen LogP contribution in [0.4, 0.5) is 0 Å². The molecule has 0 heterocycles. The number of hydrogen-bond donors (Lipinski definition) is 0. The summed E-state index contributed by atoms with van der Waals surface area (Å²) >= 11 is 0. The molecule has 0 aromatic heterocycles. The first-order chi connectivity index (χ1) is 7.12. The molecule has 0 N–H and O–H groups in total. The van der Waals surface area contributed by atoms with Crippen LogP contribution in [-0.4, -0.2) is 17.9 Å². The molecule has 1 aliphatic rings. The van der Waals surface area contributed by atoms with E-state index in [0.717, 1.165) is 19.4 Å². The molecule has 1 amide bonds. The number of benzene rings is 1. The second kappa shape index (κ2) is 3.69. The van der Waals surface area contributed by atoms with E-state index in [1.165, 1.54) is 5.56 Å². The fourth-order valence-corrected chi connectivity index (χ4v) is 1.79. The lowest BCUT2D eigenvalue weighted by Gasteiger charge is -2.20. The van der Waals surface area contributed by atoms with Crippen LogP contribution in [0.5, 0.6) is 0 Å². The third-order valence-electron chi connectivity index (χ3n) is 3.13. The smallest absolute Gasteiger partial charge is 0.228 e.